The maximum Gasteiger partial charge on any atom is 0.193 e. The van der Waals surface area contributed by atoms with Crippen molar-refractivity contribution in [2.75, 3.05) is 0 Å². The minimum absolute atomic E-state index is 0.0555. The van der Waals surface area contributed by atoms with Crippen LogP contribution in [0.4, 0.5) is 0 Å². The van der Waals surface area contributed by atoms with Crippen molar-refractivity contribution in [1.82, 2.24) is 0 Å². The van der Waals surface area contributed by atoms with Gasteiger partial charge in [0.25, 0.3) is 0 Å². The van der Waals surface area contributed by atoms with Gasteiger partial charge in [-0.2, -0.15) is 0 Å². The molecule has 22 heavy (non-hydrogen) atoms. The second-order valence-electron chi connectivity index (χ2n) is 5.14. The van der Waals surface area contributed by atoms with Gasteiger partial charge in [-0.3, -0.25) is 4.79 Å². The van der Waals surface area contributed by atoms with Crippen molar-refractivity contribution in [1.29, 1.82) is 0 Å². The Morgan fingerprint density at radius 1 is 0.864 bits per heavy atom. The second kappa shape index (κ2) is 7.48. The van der Waals surface area contributed by atoms with Crippen LogP contribution in [0.1, 0.15) is 38.2 Å². The minimum atomic E-state index is -0.0555. The van der Waals surface area contributed by atoms with E-state index in [4.69, 9.17) is 23.2 Å². The van der Waals surface area contributed by atoms with Crippen LogP contribution in [0, 0.1) is 13.8 Å². The summed E-state index contributed by atoms with van der Waals surface area (Å²) < 4.78 is 0. The Morgan fingerprint density at radius 3 is 1.55 bits per heavy atom. The fourth-order valence-corrected chi connectivity index (χ4v) is 4.58. The predicted octanol–water partition coefficient (Wildman–Crippen LogP) is 6.63. The molecule has 0 heterocycles. The van der Waals surface area contributed by atoms with Crippen molar-refractivity contribution in [3.05, 3.63) is 67.7 Å². The van der Waals surface area contributed by atoms with E-state index in [9.17, 15) is 4.79 Å². The molecule has 0 atom stereocenters. The molecule has 0 radical (unpaired) electrons. The highest BCUT2D eigenvalue weighted by Crippen LogP contribution is 2.31. The summed E-state index contributed by atoms with van der Waals surface area (Å²) in [6.07, 6.45) is 0. The van der Waals surface area contributed by atoms with Crippen molar-refractivity contribution < 1.29 is 4.79 Å². The summed E-state index contributed by atoms with van der Waals surface area (Å²) >= 11 is 19.4. The van der Waals surface area contributed by atoms with Gasteiger partial charge in [0.2, 0.25) is 0 Å². The fraction of sp³-hybridized carbons (Fsp3) is 0.235. The van der Waals surface area contributed by atoms with E-state index < -0.39 is 0 Å². The molecule has 0 fully saturated rings. The minimum Gasteiger partial charge on any atom is -0.289 e. The first kappa shape index (κ1) is 18.0. The summed E-state index contributed by atoms with van der Waals surface area (Å²) in [4.78, 5) is 13.1. The summed E-state index contributed by atoms with van der Waals surface area (Å²) in [5, 5.41) is 2.24. The van der Waals surface area contributed by atoms with E-state index in [1.807, 2.05) is 38.1 Å². The quantitative estimate of drug-likeness (QED) is 0.366. The van der Waals surface area contributed by atoms with Gasteiger partial charge in [-0.1, -0.05) is 55.1 Å². The maximum absolute atomic E-state index is 13.1. The third-order valence-electron chi connectivity index (χ3n) is 3.44. The van der Waals surface area contributed by atoms with Gasteiger partial charge in [-0.15, -0.1) is 0 Å². The Bertz CT molecular complexity index is 680. The number of carbonyl (C=O) groups is 1. The number of aryl methyl sites for hydroxylation is 2. The molecule has 0 aliphatic rings. The molecular formula is C17H14Br2Cl2O. The molecule has 0 saturated carbocycles. The third-order valence-corrected chi connectivity index (χ3v) is 5.23. The zero-order chi connectivity index (χ0) is 16.4. The van der Waals surface area contributed by atoms with E-state index in [2.05, 4.69) is 31.9 Å². The summed E-state index contributed by atoms with van der Waals surface area (Å²) in [5.41, 5.74) is 4.75. The first-order valence-electron chi connectivity index (χ1n) is 6.63. The standard InChI is InChI=1S/C17H14Br2Cl2O/c1-9-3-11(13(7-18)15(20)5-9)17(22)12-4-10(2)6-16(21)14(12)8-19/h3-6H,7-8H2,1-2H3. The van der Waals surface area contributed by atoms with Crippen molar-refractivity contribution in [3.8, 4) is 0 Å². The van der Waals surface area contributed by atoms with Crippen molar-refractivity contribution in [2.45, 2.75) is 24.5 Å². The maximum atomic E-state index is 13.1. The topological polar surface area (TPSA) is 17.1 Å². The van der Waals surface area contributed by atoms with Crippen LogP contribution >= 0.6 is 55.1 Å². The Balaban J connectivity index is 2.68. The van der Waals surface area contributed by atoms with Gasteiger partial charge in [0.05, 0.1) is 0 Å². The number of hydrogen-bond donors (Lipinski definition) is 0. The van der Waals surface area contributed by atoms with E-state index in [1.54, 1.807) is 0 Å². The van der Waals surface area contributed by atoms with Crippen LogP contribution < -0.4 is 0 Å². The van der Waals surface area contributed by atoms with Gasteiger partial charge >= 0.3 is 0 Å². The Hall–Kier alpha value is -0.350. The highest BCUT2D eigenvalue weighted by atomic mass is 79.9. The van der Waals surface area contributed by atoms with E-state index in [1.165, 1.54) is 0 Å². The molecule has 0 unspecified atom stereocenters. The molecular weight excluding hydrogens is 451 g/mol. The van der Waals surface area contributed by atoms with Crippen LogP contribution in [0.5, 0.6) is 0 Å². The van der Waals surface area contributed by atoms with Gasteiger partial charge in [0.15, 0.2) is 5.78 Å². The lowest BCUT2D eigenvalue weighted by Gasteiger charge is -2.14. The largest absolute Gasteiger partial charge is 0.289 e. The summed E-state index contributed by atoms with van der Waals surface area (Å²) in [5.74, 6) is -0.0555. The molecule has 0 spiro atoms. The molecule has 0 bridgehead atoms. The lowest BCUT2D eigenvalue weighted by Crippen LogP contribution is -2.09. The third kappa shape index (κ3) is 3.59. The number of hydrogen-bond acceptors (Lipinski definition) is 1. The first-order chi connectivity index (χ1) is 10.4. The molecule has 0 N–H and O–H groups in total. The normalized spacial score (nSPS) is 10.8. The van der Waals surface area contributed by atoms with E-state index in [0.29, 0.717) is 31.8 Å². The molecule has 0 saturated heterocycles. The highest BCUT2D eigenvalue weighted by Gasteiger charge is 2.20. The lowest BCUT2D eigenvalue weighted by atomic mass is 9.93. The number of rotatable bonds is 4. The van der Waals surface area contributed by atoms with Crippen molar-refractivity contribution in [3.63, 3.8) is 0 Å². The first-order valence-corrected chi connectivity index (χ1v) is 9.63. The van der Waals surface area contributed by atoms with Gasteiger partial charge < -0.3 is 0 Å². The van der Waals surface area contributed by atoms with Gasteiger partial charge in [-0.25, -0.2) is 0 Å². The molecule has 0 amide bonds. The van der Waals surface area contributed by atoms with Gasteiger partial charge in [0, 0.05) is 31.8 Å². The van der Waals surface area contributed by atoms with E-state index in [-0.39, 0.29) is 5.78 Å². The molecule has 2 aromatic carbocycles. The van der Waals surface area contributed by atoms with E-state index in [0.717, 1.165) is 22.3 Å². The zero-order valence-corrected chi connectivity index (χ0v) is 16.8. The fourth-order valence-electron chi connectivity index (χ4n) is 2.37. The van der Waals surface area contributed by atoms with Gasteiger partial charge in [-0.05, 0) is 60.4 Å². The average Bonchev–Trinajstić information content (AvgIpc) is 2.45. The molecule has 0 aliphatic carbocycles. The number of halogens is 4. The van der Waals surface area contributed by atoms with Crippen molar-refractivity contribution in [2.24, 2.45) is 0 Å². The molecule has 1 nitrogen and oxygen atoms in total. The van der Waals surface area contributed by atoms with Crippen LogP contribution in [-0.4, -0.2) is 5.78 Å². The molecule has 0 aromatic heterocycles. The average molecular weight is 465 g/mol. The summed E-state index contributed by atoms with van der Waals surface area (Å²) in [6.45, 7) is 3.85. The Kier molecular flexibility index (Phi) is 6.12. The van der Waals surface area contributed by atoms with Crippen LogP contribution in [-0.2, 0) is 10.7 Å². The Labute approximate surface area is 157 Å². The smallest absolute Gasteiger partial charge is 0.193 e. The SMILES string of the molecule is Cc1cc(Cl)c(CBr)c(C(=O)c2cc(C)cc(Cl)c2CBr)c1. The second-order valence-corrected chi connectivity index (χ2v) is 7.08. The molecule has 116 valence electrons. The molecule has 5 heteroatoms. The number of carbonyl (C=O) groups excluding carboxylic acids is 1. The van der Waals surface area contributed by atoms with Crippen LogP contribution in [0.15, 0.2) is 24.3 Å². The molecule has 2 aromatic rings. The van der Waals surface area contributed by atoms with Crippen LogP contribution in [0.3, 0.4) is 0 Å². The number of alkyl halides is 2. The van der Waals surface area contributed by atoms with Crippen LogP contribution in [0.25, 0.3) is 0 Å². The Morgan fingerprint density at radius 2 is 1.23 bits per heavy atom. The van der Waals surface area contributed by atoms with Crippen molar-refractivity contribution >= 4 is 60.8 Å². The highest BCUT2D eigenvalue weighted by molar-refractivity contribution is 9.08. The molecule has 0 aliphatic heterocycles. The number of benzene rings is 2. The zero-order valence-electron chi connectivity index (χ0n) is 12.1. The monoisotopic (exact) mass is 462 g/mol. The van der Waals surface area contributed by atoms with Gasteiger partial charge in [0.1, 0.15) is 0 Å². The number of ketones is 1. The summed E-state index contributed by atoms with van der Waals surface area (Å²) in [7, 11) is 0. The molecule has 2 rings (SSSR count). The van der Waals surface area contributed by atoms with Crippen LogP contribution in [0.2, 0.25) is 10.0 Å². The van der Waals surface area contributed by atoms with E-state index >= 15 is 0 Å². The lowest BCUT2D eigenvalue weighted by molar-refractivity contribution is 0.103. The summed E-state index contributed by atoms with van der Waals surface area (Å²) in [6, 6.07) is 7.48. The predicted molar refractivity (Wildman–Crippen MR) is 101 cm³/mol.